The summed E-state index contributed by atoms with van der Waals surface area (Å²) in [6.07, 6.45) is -3.58. The fourth-order valence-electron chi connectivity index (χ4n) is 4.94. The van der Waals surface area contributed by atoms with Gasteiger partial charge in [-0.1, -0.05) is 0 Å². The second kappa shape index (κ2) is 12.2. The van der Waals surface area contributed by atoms with E-state index in [1.165, 1.54) is 14.0 Å². The number of carbonyl (C=O) groups is 1. The van der Waals surface area contributed by atoms with E-state index in [0.717, 1.165) is 17.3 Å². The van der Waals surface area contributed by atoms with Crippen molar-refractivity contribution in [3.8, 4) is 17.0 Å². The molecule has 0 aliphatic heterocycles. The molecule has 4 rings (SSSR count). The molecule has 1 N–H and O–H groups in total. The molecule has 0 radical (unpaired) electrons. The summed E-state index contributed by atoms with van der Waals surface area (Å²) in [6, 6.07) is 6.05. The molecule has 0 unspecified atom stereocenters. The van der Waals surface area contributed by atoms with E-state index in [4.69, 9.17) is 4.74 Å². The highest BCUT2D eigenvalue weighted by Crippen LogP contribution is 2.37. The molecule has 4 aromatic rings. The van der Waals surface area contributed by atoms with Gasteiger partial charge < -0.3 is 14.7 Å². The van der Waals surface area contributed by atoms with Crippen molar-refractivity contribution in [2.75, 3.05) is 33.9 Å². The number of hydrogen-bond acceptors (Lipinski definition) is 7. The minimum absolute atomic E-state index is 0.0194. The largest absolute Gasteiger partial charge is 0.497 e. The second-order valence-electron chi connectivity index (χ2n) is 10.2. The second-order valence-corrected chi connectivity index (χ2v) is 11.0. The maximum Gasteiger partial charge on any atom is 0.433 e. The van der Waals surface area contributed by atoms with E-state index < -0.39 is 17.8 Å². The number of ether oxygens (including phenoxy) is 1. The average Bonchev–Trinajstić information content (AvgIpc) is 3.53. The lowest BCUT2D eigenvalue weighted by atomic mass is 10.0. The highest BCUT2D eigenvalue weighted by Gasteiger charge is 2.39. The van der Waals surface area contributed by atoms with Crippen LogP contribution in [0.4, 0.5) is 13.2 Å². The molecule has 1 aromatic carbocycles. The predicted octanol–water partition coefficient (Wildman–Crippen LogP) is 5.62. The van der Waals surface area contributed by atoms with Gasteiger partial charge in [0, 0.05) is 30.3 Å². The smallest absolute Gasteiger partial charge is 0.433 e. The topological polar surface area (TPSA) is 83.2 Å². The molecule has 3 aromatic heterocycles. The number of aliphatic hydroxyl groups is 1. The quantitative estimate of drug-likeness (QED) is 0.259. The predicted molar refractivity (Wildman–Crippen MR) is 152 cm³/mol. The number of amides is 1. The van der Waals surface area contributed by atoms with E-state index in [0.29, 0.717) is 22.4 Å². The molecule has 0 spiro atoms. The van der Waals surface area contributed by atoms with Crippen molar-refractivity contribution in [3.05, 3.63) is 69.2 Å². The summed E-state index contributed by atoms with van der Waals surface area (Å²) in [5.74, 6) is 0.0831. The van der Waals surface area contributed by atoms with Gasteiger partial charge in [0.05, 0.1) is 31.6 Å². The van der Waals surface area contributed by atoms with Gasteiger partial charge in [0.15, 0.2) is 11.3 Å². The van der Waals surface area contributed by atoms with Crippen LogP contribution < -0.4 is 4.74 Å². The van der Waals surface area contributed by atoms with Gasteiger partial charge in [-0.25, -0.2) is 9.50 Å². The summed E-state index contributed by atoms with van der Waals surface area (Å²) in [5, 5.41) is 18.1. The van der Waals surface area contributed by atoms with Crippen LogP contribution in [-0.2, 0) is 6.18 Å². The lowest BCUT2D eigenvalue weighted by molar-refractivity contribution is -0.143. The number of benzene rings is 1. The monoisotopic (exact) mass is 589 g/mol. The van der Waals surface area contributed by atoms with Gasteiger partial charge in [-0.2, -0.15) is 29.6 Å². The molecule has 0 saturated carbocycles. The number of likely N-dealkylation sites (N-methyl/N-ethyl adjacent to an activating group) is 1. The Morgan fingerprint density at radius 3 is 2.37 bits per heavy atom. The van der Waals surface area contributed by atoms with Gasteiger partial charge >= 0.3 is 6.18 Å². The Morgan fingerprint density at radius 2 is 1.83 bits per heavy atom. The lowest BCUT2D eigenvalue weighted by Crippen LogP contribution is -2.43. The van der Waals surface area contributed by atoms with Crippen LogP contribution in [0.1, 0.15) is 52.6 Å². The van der Waals surface area contributed by atoms with Crippen molar-refractivity contribution in [1.82, 2.24) is 24.4 Å². The van der Waals surface area contributed by atoms with Crippen molar-refractivity contribution in [2.24, 2.45) is 0 Å². The molecule has 0 bridgehead atoms. The Labute approximate surface area is 241 Å². The number of fused-ring (bicyclic) bond motifs is 1. The lowest BCUT2D eigenvalue weighted by Gasteiger charge is -2.32. The molecular weight excluding hydrogens is 555 g/mol. The third-order valence-corrected chi connectivity index (χ3v) is 8.16. The van der Waals surface area contributed by atoms with Gasteiger partial charge in [0.1, 0.15) is 11.3 Å². The van der Waals surface area contributed by atoms with Crippen molar-refractivity contribution >= 4 is 22.9 Å². The zero-order valence-electron chi connectivity index (χ0n) is 23.9. The van der Waals surface area contributed by atoms with E-state index in [2.05, 4.69) is 10.1 Å². The number of carbonyl (C=O) groups excluding carboxylic acids is 1. The summed E-state index contributed by atoms with van der Waals surface area (Å²) in [5.41, 5.74) is 1.40. The average molecular weight is 590 g/mol. The zero-order chi connectivity index (χ0) is 30.1. The molecule has 0 fully saturated rings. The normalized spacial score (nSPS) is 12.9. The summed E-state index contributed by atoms with van der Waals surface area (Å²) >= 11 is 1.56. The van der Waals surface area contributed by atoms with Crippen LogP contribution in [0, 0.1) is 13.8 Å². The Balaban J connectivity index is 1.72. The number of methoxy groups -OCH3 is 1. The third kappa shape index (κ3) is 6.09. The van der Waals surface area contributed by atoms with Crippen LogP contribution in [-0.4, -0.2) is 75.3 Å². The van der Waals surface area contributed by atoms with Crippen LogP contribution in [0.15, 0.2) is 41.2 Å². The van der Waals surface area contributed by atoms with E-state index in [9.17, 15) is 23.1 Å². The summed E-state index contributed by atoms with van der Waals surface area (Å²) in [4.78, 5) is 21.9. The number of aromatic nitrogens is 3. The zero-order valence-corrected chi connectivity index (χ0v) is 24.7. The minimum Gasteiger partial charge on any atom is -0.497 e. The first-order valence-corrected chi connectivity index (χ1v) is 14.1. The molecule has 41 heavy (non-hydrogen) atoms. The van der Waals surface area contributed by atoms with E-state index in [1.54, 1.807) is 40.5 Å². The minimum atomic E-state index is -4.74. The van der Waals surface area contributed by atoms with Crippen molar-refractivity contribution in [2.45, 2.75) is 46.0 Å². The first-order chi connectivity index (χ1) is 19.4. The Bertz CT molecular complexity index is 1510. The van der Waals surface area contributed by atoms with Gasteiger partial charge in [0.2, 0.25) is 0 Å². The fourth-order valence-corrected chi connectivity index (χ4v) is 5.84. The number of nitrogens with zero attached hydrogens (tertiary/aromatic N) is 5. The molecule has 1 atom stereocenters. The van der Waals surface area contributed by atoms with Crippen molar-refractivity contribution < 1.29 is 27.8 Å². The van der Waals surface area contributed by atoms with E-state index >= 15 is 0 Å². The van der Waals surface area contributed by atoms with E-state index in [-0.39, 0.29) is 47.7 Å². The molecular formula is C29H34F3N5O3S. The maximum absolute atomic E-state index is 14.3. The number of aliphatic hydroxyl groups excluding tert-OH is 1. The number of thiophene rings is 1. The molecule has 1 amide bonds. The van der Waals surface area contributed by atoms with Crippen LogP contribution >= 0.6 is 11.3 Å². The highest BCUT2D eigenvalue weighted by atomic mass is 32.1. The van der Waals surface area contributed by atoms with Gasteiger partial charge in [0.25, 0.3) is 5.91 Å². The van der Waals surface area contributed by atoms with Crippen molar-refractivity contribution in [3.63, 3.8) is 0 Å². The van der Waals surface area contributed by atoms with Gasteiger partial charge in [-0.15, -0.1) is 0 Å². The fraction of sp³-hybridized carbons (Fsp3) is 0.414. The van der Waals surface area contributed by atoms with Gasteiger partial charge in [-0.05, 0) is 80.9 Å². The standard InChI is InChI=1S/C29H34F3N5O3S/c1-17(2)36(12-11-35(5)24(14-38)23-16-41-15-18(23)3)28(39)22-13-33-37-26(29(30,31)32)19(4)25(34-27(22)37)20-7-9-21(40-6)10-8-20/h7-10,13,15-17,24,38H,11-12,14H2,1-6H3/t24-/m1/s1. The van der Waals surface area contributed by atoms with Crippen molar-refractivity contribution in [1.29, 1.82) is 0 Å². The van der Waals surface area contributed by atoms with Crippen LogP contribution in [0.3, 0.4) is 0 Å². The summed E-state index contributed by atoms with van der Waals surface area (Å²) in [7, 11) is 3.37. The third-order valence-electron chi connectivity index (χ3n) is 7.28. The Morgan fingerprint density at radius 1 is 1.15 bits per heavy atom. The first kappa shape index (κ1) is 30.5. The molecule has 0 saturated heterocycles. The Hall–Kier alpha value is -3.48. The molecule has 3 heterocycles. The molecule has 8 nitrogen and oxygen atoms in total. The molecule has 12 heteroatoms. The molecule has 220 valence electrons. The number of hydrogen-bond donors (Lipinski definition) is 1. The first-order valence-electron chi connectivity index (χ1n) is 13.1. The Kier molecular flexibility index (Phi) is 9.05. The maximum atomic E-state index is 14.3. The van der Waals surface area contributed by atoms with Gasteiger partial charge in [-0.3, -0.25) is 9.69 Å². The SMILES string of the molecule is COc1ccc(-c2nc3c(C(=O)N(CCN(C)[C@H](CO)c4cscc4C)C(C)C)cnn3c(C(F)(F)F)c2C)cc1. The highest BCUT2D eigenvalue weighted by molar-refractivity contribution is 7.08. The van der Waals surface area contributed by atoms with Crippen LogP contribution in [0.5, 0.6) is 5.75 Å². The summed E-state index contributed by atoms with van der Waals surface area (Å²) in [6.45, 7) is 7.65. The van der Waals surface area contributed by atoms with Crippen LogP contribution in [0.2, 0.25) is 0 Å². The van der Waals surface area contributed by atoms with Crippen LogP contribution in [0.25, 0.3) is 16.9 Å². The summed E-state index contributed by atoms with van der Waals surface area (Å²) < 4.78 is 48.9. The number of aryl methyl sites for hydroxylation is 1. The number of alkyl halides is 3. The number of halogens is 3. The van der Waals surface area contributed by atoms with E-state index in [1.807, 2.05) is 43.5 Å². The number of rotatable bonds is 10. The molecule has 0 aliphatic carbocycles. The molecule has 0 aliphatic rings.